The van der Waals surface area contributed by atoms with Crippen LogP contribution in [0.4, 0.5) is 8.78 Å². The van der Waals surface area contributed by atoms with Gasteiger partial charge in [-0.25, -0.2) is 8.78 Å². The lowest BCUT2D eigenvalue weighted by Crippen LogP contribution is -2.07. The summed E-state index contributed by atoms with van der Waals surface area (Å²) in [5.41, 5.74) is -0.159. The van der Waals surface area contributed by atoms with Gasteiger partial charge in [0.15, 0.2) is 0 Å². The highest BCUT2D eigenvalue weighted by Crippen LogP contribution is 2.27. The molecule has 0 saturated carbocycles. The van der Waals surface area contributed by atoms with Crippen molar-refractivity contribution in [3.63, 3.8) is 0 Å². The smallest absolute Gasteiger partial charge is 0.264 e. The molecule has 0 N–H and O–H groups in total. The summed E-state index contributed by atoms with van der Waals surface area (Å²) >= 11 is 3.11. The first-order chi connectivity index (χ1) is 8.59. The third-order valence-electron chi connectivity index (χ3n) is 2.39. The van der Waals surface area contributed by atoms with Crippen LogP contribution in [0.2, 0.25) is 0 Å². The lowest BCUT2D eigenvalue weighted by atomic mass is 10.0. The molecule has 0 amide bonds. The van der Waals surface area contributed by atoms with Crippen molar-refractivity contribution in [1.82, 2.24) is 4.98 Å². The summed E-state index contributed by atoms with van der Waals surface area (Å²) < 4.78 is 26.3. The van der Waals surface area contributed by atoms with E-state index in [0.29, 0.717) is 4.47 Å². The Labute approximate surface area is 111 Å². The molecule has 0 saturated heterocycles. The summed E-state index contributed by atoms with van der Waals surface area (Å²) in [5.74, 6) is -0.501. The lowest BCUT2D eigenvalue weighted by molar-refractivity contribution is 0.102. The Morgan fingerprint density at radius 3 is 2.61 bits per heavy atom. The molecule has 1 aromatic heterocycles. The van der Waals surface area contributed by atoms with E-state index in [1.807, 2.05) is 0 Å². The van der Waals surface area contributed by atoms with Gasteiger partial charge in [0.2, 0.25) is 5.78 Å². The maximum Gasteiger partial charge on any atom is 0.264 e. The number of carbonyl (C=O) groups is 1. The van der Waals surface area contributed by atoms with Gasteiger partial charge in [0, 0.05) is 21.8 Å². The molecule has 0 unspecified atom stereocenters. The van der Waals surface area contributed by atoms with E-state index in [2.05, 4.69) is 20.9 Å². The topological polar surface area (TPSA) is 30.0 Å². The van der Waals surface area contributed by atoms with E-state index < -0.39 is 12.2 Å². The number of aromatic nitrogens is 1. The molecule has 2 aromatic rings. The molecule has 92 valence electrons. The number of carbonyl (C=O) groups excluding carboxylic acids is 1. The minimum absolute atomic E-state index is 0.0214. The molecule has 1 aromatic carbocycles. The van der Waals surface area contributed by atoms with Gasteiger partial charge in [0.05, 0.1) is 0 Å². The molecule has 2 rings (SSSR count). The molecule has 0 aliphatic rings. The van der Waals surface area contributed by atoms with E-state index in [1.54, 1.807) is 18.2 Å². The maximum atomic E-state index is 12.9. The Morgan fingerprint density at radius 1 is 1.22 bits per heavy atom. The monoisotopic (exact) mass is 311 g/mol. The fourth-order valence-corrected chi connectivity index (χ4v) is 1.93. The lowest BCUT2D eigenvalue weighted by Gasteiger charge is -2.08. The van der Waals surface area contributed by atoms with E-state index in [4.69, 9.17) is 0 Å². The Hall–Kier alpha value is -1.62. The number of alkyl halides is 2. The minimum atomic E-state index is -2.70. The van der Waals surface area contributed by atoms with Crippen molar-refractivity contribution in [2.45, 2.75) is 6.43 Å². The van der Waals surface area contributed by atoms with Crippen molar-refractivity contribution in [3.05, 3.63) is 63.9 Å². The molecule has 0 bridgehead atoms. The highest BCUT2D eigenvalue weighted by molar-refractivity contribution is 9.10. The number of pyridine rings is 1. The van der Waals surface area contributed by atoms with Gasteiger partial charge < -0.3 is 0 Å². The second-order valence-electron chi connectivity index (χ2n) is 3.58. The Balaban J connectivity index is 2.48. The van der Waals surface area contributed by atoms with Crippen molar-refractivity contribution in [2.24, 2.45) is 0 Å². The molecular weight excluding hydrogens is 304 g/mol. The average Bonchev–Trinajstić information content (AvgIpc) is 2.39. The van der Waals surface area contributed by atoms with Gasteiger partial charge in [0.1, 0.15) is 5.69 Å². The van der Waals surface area contributed by atoms with Crippen molar-refractivity contribution in [1.29, 1.82) is 0 Å². The predicted octanol–water partition coefficient (Wildman–Crippen LogP) is 4.01. The first-order valence-electron chi connectivity index (χ1n) is 5.13. The first-order valence-corrected chi connectivity index (χ1v) is 5.92. The molecule has 5 heteroatoms. The summed E-state index contributed by atoms with van der Waals surface area (Å²) in [4.78, 5) is 15.9. The molecule has 0 radical (unpaired) electrons. The summed E-state index contributed by atoms with van der Waals surface area (Å²) in [5, 5.41) is 0. The molecule has 0 atom stereocenters. The van der Waals surface area contributed by atoms with Crippen LogP contribution in [0.3, 0.4) is 0 Å². The van der Waals surface area contributed by atoms with Crippen LogP contribution in [0.5, 0.6) is 0 Å². The van der Waals surface area contributed by atoms with Crippen molar-refractivity contribution in [3.8, 4) is 0 Å². The predicted molar refractivity (Wildman–Crippen MR) is 66.8 cm³/mol. The number of rotatable bonds is 3. The summed E-state index contributed by atoms with van der Waals surface area (Å²) in [7, 11) is 0. The van der Waals surface area contributed by atoms with Crippen molar-refractivity contribution < 1.29 is 13.6 Å². The molecular formula is C13H8BrF2NO. The molecule has 0 aliphatic carbocycles. The number of hydrogen-bond acceptors (Lipinski definition) is 2. The molecule has 1 heterocycles. The fraction of sp³-hybridized carbons (Fsp3) is 0.0769. The van der Waals surface area contributed by atoms with Gasteiger partial charge in [-0.15, -0.1) is 0 Å². The van der Waals surface area contributed by atoms with Gasteiger partial charge in [0.25, 0.3) is 6.43 Å². The summed E-state index contributed by atoms with van der Waals surface area (Å²) in [6.45, 7) is 0. The molecule has 18 heavy (non-hydrogen) atoms. The van der Waals surface area contributed by atoms with Gasteiger partial charge in [-0.1, -0.05) is 22.0 Å². The Kier molecular flexibility index (Phi) is 3.81. The number of benzene rings is 1. The van der Waals surface area contributed by atoms with Crippen LogP contribution in [0, 0.1) is 0 Å². The minimum Gasteiger partial charge on any atom is -0.287 e. The van der Waals surface area contributed by atoms with Gasteiger partial charge in [-0.2, -0.15) is 0 Å². The largest absolute Gasteiger partial charge is 0.287 e. The van der Waals surface area contributed by atoms with Crippen molar-refractivity contribution >= 4 is 21.7 Å². The molecule has 0 spiro atoms. The van der Waals surface area contributed by atoms with E-state index in [-0.39, 0.29) is 16.8 Å². The third-order valence-corrected chi connectivity index (χ3v) is 2.88. The van der Waals surface area contributed by atoms with E-state index >= 15 is 0 Å². The van der Waals surface area contributed by atoms with Gasteiger partial charge >= 0.3 is 0 Å². The average molecular weight is 312 g/mol. The first kappa shape index (κ1) is 12.8. The highest BCUT2D eigenvalue weighted by atomic mass is 79.9. The quantitative estimate of drug-likeness (QED) is 0.802. The van der Waals surface area contributed by atoms with Crippen LogP contribution in [0.15, 0.2) is 47.1 Å². The third kappa shape index (κ3) is 2.61. The molecule has 0 fully saturated rings. The van der Waals surface area contributed by atoms with Crippen molar-refractivity contribution in [2.75, 3.05) is 0 Å². The van der Waals surface area contributed by atoms with Crippen LogP contribution >= 0.6 is 15.9 Å². The summed E-state index contributed by atoms with van der Waals surface area (Å²) in [6.07, 6.45) is -1.25. The highest BCUT2D eigenvalue weighted by Gasteiger charge is 2.20. The zero-order valence-corrected chi connectivity index (χ0v) is 10.7. The SMILES string of the molecule is O=C(c1ccccn1)c1ccc(Br)cc1C(F)F. The van der Waals surface area contributed by atoms with Crippen LogP contribution in [-0.2, 0) is 0 Å². The fourth-order valence-electron chi connectivity index (χ4n) is 1.56. The zero-order chi connectivity index (χ0) is 13.1. The second kappa shape index (κ2) is 5.35. The summed E-state index contributed by atoms with van der Waals surface area (Å²) in [6, 6.07) is 8.98. The van der Waals surface area contributed by atoms with Gasteiger partial charge in [-0.05, 0) is 30.3 Å². The Bertz CT molecular complexity index is 572. The molecule has 0 aliphatic heterocycles. The van der Waals surface area contributed by atoms with Gasteiger partial charge in [-0.3, -0.25) is 9.78 Å². The second-order valence-corrected chi connectivity index (χ2v) is 4.49. The van der Waals surface area contributed by atoms with E-state index in [1.165, 1.54) is 24.4 Å². The van der Waals surface area contributed by atoms with E-state index in [0.717, 1.165) is 0 Å². The number of hydrogen-bond donors (Lipinski definition) is 0. The standard InChI is InChI=1S/C13H8BrF2NO/c14-8-4-5-9(10(7-8)13(15)16)12(18)11-3-1-2-6-17-11/h1-7,13H. The van der Waals surface area contributed by atoms with Crippen LogP contribution in [0.25, 0.3) is 0 Å². The van der Waals surface area contributed by atoms with Crippen LogP contribution < -0.4 is 0 Å². The number of ketones is 1. The van der Waals surface area contributed by atoms with E-state index in [9.17, 15) is 13.6 Å². The zero-order valence-electron chi connectivity index (χ0n) is 9.11. The number of halogens is 3. The van der Waals surface area contributed by atoms with Crippen LogP contribution in [0.1, 0.15) is 28.0 Å². The normalized spacial score (nSPS) is 10.7. The Morgan fingerprint density at radius 2 is 2.00 bits per heavy atom. The number of nitrogens with zero attached hydrogens (tertiary/aromatic N) is 1. The van der Waals surface area contributed by atoms with Crippen LogP contribution in [-0.4, -0.2) is 10.8 Å². The molecule has 2 nitrogen and oxygen atoms in total. The maximum absolute atomic E-state index is 12.9.